The summed E-state index contributed by atoms with van der Waals surface area (Å²) in [5, 5.41) is 0. The molecule has 0 unspecified atom stereocenters. The van der Waals surface area contributed by atoms with Crippen molar-refractivity contribution in [1.82, 2.24) is 9.55 Å². The van der Waals surface area contributed by atoms with Crippen LogP contribution >= 0.6 is 0 Å². The predicted molar refractivity (Wildman–Crippen MR) is 101 cm³/mol. The minimum absolute atomic E-state index is 0.307. The topological polar surface area (TPSA) is 53.4 Å². The largest absolute Gasteiger partial charge is 0.494 e. The van der Waals surface area contributed by atoms with Gasteiger partial charge < -0.3 is 14.0 Å². The van der Waals surface area contributed by atoms with Crippen LogP contribution < -0.4 is 4.74 Å². The van der Waals surface area contributed by atoms with Gasteiger partial charge in [0.2, 0.25) is 0 Å². The molecular formula is C21H22N2O3. The molecule has 0 fully saturated rings. The Bertz CT molecular complexity index is 901. The van der Waals surface area contributed by atoms with Crippen molar-refractivity contribution >= 4 is 5.97 Å². The van der Waals surface area contributed by atoms with Crippen molar-refractivity contribution in [2.24, 2.45) is 0 Å². The molecule has 0 spiro atoms. The van der Waals surface area contributed by atoms with Crippen LogP contribution in [-0.2, 0) is 11.2 Å². The first-order valence-corrected chi connectivity index (χ1v) is 8.65. The molecule has 3 aromatic rings. The highest BCUT2D eigenvalue weighted by Crippen LogP contribution is 2.28. The zero-order valence-electron chi connectivity index (χ0n) is 15.2. The second-order valence-electron chi connectivity index (χ2n) is 5.79. The van der Waals surface area contributed by atoms with Crippen molar-refractivity contribution in [3.63, 3.8) is 0 Å². The Labute approximate surface area is 153 Å². The molecule has 0 bridgehead atoms. The molecule has 0 saturated carbocycles. The molecule has 0 atom stereocenters. The van der Waals surface area contributed by atoms with Gasteiger partial charge in [0, 0.05) is 18.0 Å². The Balaban J connectivity index is 2.05. The molecule has 3 rings (SSSR count). The van der Waals surface area contributed by atoms with Crippen LogP contribution in [0.4, 0.5) is 0 Å². The maximum Gasteiger partial charge on any atom is 0.342 e. The fraction of sp³-hybridized carbons (Fsp3) is 0.238. The second-order valence-corrected chi connectivity index (χ2v) is 5.79. The molecular weight excluding hydrogens is 328 g/mol. The minimum atomic E-state index is -0.417. The van der Waals surface area contributed by atoms with Gasteiger partial charge in [0.1, 0.15) is 11.4 Å². The molecule has 5 nitrogen and oxygen atoms in total. The molecule has 26 heavy (non-hydrogen) atoms. The summed E-state index contributed by atoms with van der Waals surface area (Å²) in [4.78, 5) is 16.7. The molecule has 0 saturated heterocycles. The highest BCUT2D eigenvalue weighted by atomic mass is 16.5. The van der Waals surface area contributed by atoms with Crippen LogP contribution in [0.25, 0.3) is 16.9 Å². The van der Waals surface area contributed by atoms with Crippen LogP contribution in [0, 0.1) is 0 Å². The number of methoxy groups -OCH3 is 1. The van der Waals surface area contributed by atoms with E-state index in [0.717, 1.165) is 17.5 Å². The molecule has 0 aliphatic rings. The molecule has 5 heteroatoms. The van der Waals surface area contributed by atoms with E-state index in [9.17, 15) is 4.79 Å². The minimum Gasteiger partial charge on any atom is -0.494 e. The Morgan fingerprint density at radius 1 is 1.15 bits per heavy atom. The van der Waals surface area contributed by atoms with Gasteiger partial charge >= 0.3 is 5.97 Å². The average Bonchev–Trinajstić information content (AvgIpc) is 3.13. The predicted octanol–water partition coefficient (Wildman–Crippen LogP) is 4.29. The van der Waals surface area contributed by atoms with Gasteiger partial charge in [-0.05, 0) is 30.5 Å². The Morgan fingerprint density at radius 3 is 2.58 bits per heavy atom. The summed E-state index contributed by atoms with van der Waals surface area (Å²) in [6.45, 7) is 4.21. The monoisotopic (exact) mass is 350 g/mol. The van der Waals surface area contributed by atoms with E-state index in [1.54, 1.807) is 19.2 Å². The third kappa shape index (κ3) is 3.47. The summed E-state index contributed by atoms with van der Waals surface area (Å²) in [6.07, 6.45) is 6.54. The molecule has 0 N–H and O–H groups in total. The lowest BCUT2D eigenvalue weighted by Gasteiger charge is -2.10. The lowest BCUT2D eigenvalue weighted by Crippen LogP contribution is -2.09. The summed E-state index contributed by atoms with van der Waals surface area (Å²) in [5.74, 6) is 0.628. The smallest absolute Gasteiger partial charge is 0.342 e. The van der Waals surface area contributed by atoms with E-state index in [4.69, 9.17) is 9.47 Å². The number of aryl methyl sites for hydroxylation is 1. The summed E-state index contributed by atoms with van der Waals surface area (Å²) in [5.41, 5.74) is 3.89. The average molecular weight is 350 g/mol. The van der Waals surface area contributed by atoms with Gasteiger partial charge in [-0.1, -0.05) is 37.3 Å². The molecule has 1 aromatic carbocycles. The van der Waals surface area contributed by atoms with Crippen molar-refractivity contribution in [3.8, 4) is 22.7 Å². The Kier molecular flexibility index (Phi) is 5.37. The van der Waals surface area contributed by atoms with Crippen molar-refractivity contribution in [1.29, 1.82) is 0 Å². The number of ether oxygens (including phenoxy) is 2. The number of hydrogen-bond acceptors (Lipinski definition) is 4. The van der Waals surface area contributed by atoms with E-state index in [-0.39, 0.29) is 0 Å². The molecule has 0 aliphatic heterocycles. The van der Waals surface area contributed by atoms with Gasteiger partial charge in [-0.3, -0.25) is 0 Å². The number of carbonyl (C=O) groups excluding carboxylic acids is 1. The van der Waals surface area contributed by atoms with E-state index in [1.165, 1.54) is 12.7 Å². The van der Waals surface area contributed by atoms with Crippen LogP contribution in [0.2, 0.25) is 0 Å². The second kappa shape index (κ2) is 7.87. The molecule has 134 valence electrons. The van der Waals surface area contributed by atoms with Crippen molar-refractivity contribution in [2.45, 2.75) is 20.3 Å². The lowest BCUT2D eigenvalue weighted by molar-refractivity contribution is 0.0522. The fourth-order valence-corrected chi connectivity index (χ4v) is 2.89. The zero-order valence-corrected chi connectivity index (χ0v) is 15.2. The van der Waals surface area contributed by atoms with E-state index < -0.39 is 5.97 Å². The SMILES string of the molecule is CCOC(=O)c1cc(-n2cc(CC)c(-c3ccccc3)c2)ncc1OC. The lowest BCUT2D eigenvalue weighted by atomic mass is 10.0. The van der Waals surface area contributed by atoms with E-state index in [1.807, 2.05) is 35.2 Å². The van der Waals surface area contributed by atoms with Gasteiger partial charge in [0.05, 0.1) is 19.9 Å². The Hall–Kier alpha value is -3.08. The number of pyridine rings is 1. The van der Waals surface area contributed by atoms with Crippen LogP contribution in [-0.4, -0.2) is 29.2 Å². The molecule has 2 heterocycles. The first-order chi connectivity index (χ1) is 12.7. The maximum absolute atomic E-state index is 12.2. The van der Waals surface area contributed by atoms with Crippen LogP contribution in [0.15, 0.2) is 55.0 Å². The molecule has 0 aliphatic carbocycles. The first kappa shape index (κ1) is 17.7. The quantitative estimate of drug-likeness (QED) is 0.623. The van der Waals surface area contributed by atoms with Gasteiger partial charge in [0.15, 0.2) is 5.75 Å². The first-order valence-electron chi connectivity index (χ1n) is 8.65. The molecule has 0 amide bonds. The van der Waals surface area contributed by atoms with Gasteiger partial charge in [-0.25, -0.2) is 9.78 Å². The number of carbonyl (C=O) groups is 1. The number of benzene rings is 1. The Morgan fingerprint density at radius 2 is 1.92 bits per heavy atom. The normalized spacial score (nSPS) is 10.6. The fourth-order valence-electron chi connectivity index (χ4n) is 2.89. The number of hydrogen-bond donors (Lipinski definition) is 0. The van der Waals surface area contributed by atoms with E-state index >= 15 is 0 Å². The van der Waals surface area contributed by atoms with E-state index in [0.29, 0.717) is 23.7 Å². The van der Waals surface area contributed by atoms with Gasteiger partial charge in [-0.15, -0.1) is 0 Å². The molecule has 0 radical (unpaired) electrons. The van der Waals surface area contributed by atoms with Crippen molar-refractivity contribution < 1.29 is 14.3 Å². The van der Waals surface area contributed by atoms with Crippen LogP contribution in [0.5, 0.6) is 5.75 Å². The maximum atomic E-state index is 12.2. The highest BCUT2D eigenvalue weighted by Gasteiger charge is 2.17. The highest BCUT2D eigenvalue weighted by molar-refractivity contribution is 5.92. The number of rotatable bonds is 6. The summed E-state index contributed by atoms with van der Waals surface area (Å²) >= 11 is 0. The van der Waals surface area contributed by atoms with E-state index in [2.05, 4.69) is 24.0 Å². The van der Waals surface area contributed by atoms with Gasteiger partial charge in [-0.2, -0.15) is 0 Å². The summed E-state index contributed by atoms with van der Waals surface area (Å²) in [6, 6.07) is 11.9. The van der Waals surface area contributed by atoms with Crippen molar-refractivity contribution in [3.05, 3.63) is 66.1 Å². The number of aromatic nitrogens is 2. The zero-order chi connectivity index (χ0) is 18.5. The summed E-state index contributed by atoms with van der Waals surface area (Å²) < 4.78 is 12.3. The van der Waals surface area contributed by atoms with Crippen LogP contribution in [0.3, 0.4) is 0 Å². The molecule has 2 aromatic heterocycles. The standard InChI is InChI=1S/C21H22N2O3/c1-4-15-13-23(14-18(15)16-9-7-6-8-10-16)20-11-17(21(24)26-5-2)19(25-3)12-22-20/h6-14H,4-5H2,1-3H3. The van der Waals surface area contributed by atoms with Crippen molar-refractivity contribution in [2.75, 3.05) is 13.7 Å². The third-order valence-corrected chi connectivity index (χ3v) is 4.21. The third-order valence-electron chi connectivity index (χ3n) is 4.21. The summed E-state index contributed by atoms with van der Waals surface area (Å²) in [7, 11) is 1.51. The number of esters is 1. The number of nitrogens with zero attached hydrogens (tertiary/aromatic N) is 2. The van der Waals surface area contributed by atoms with Gasteiger partial charge in [0.25, 0.3) is 0 Å². The van der Waals surface area contributed by atoms with Crippen LogP contribution in [0.1, 0.15) is 29.8 Å².